The van der Waals surface area contributed by atoms with Crippen molar-refractivity contribution in [3.63, 3.8) is 0 Å². The van der Waals surface area contributed by atoms with Gasteiger partial charge in [0, 0.05) is 22.4 Å². The van der Waals surface area contributed by atoms with Gasteiger partial charge in [0.05, 0.1) is 12.5 Å². The molecule has 0 spiro atoms. The van der Waals surface area contributed by atoms with Gasteiger partial charge in [-0.15, -0.1) is 11.8 Å². The van der Waals surface area contributed by atoms with Crippen LogP contribution in [-0.2, 0) is 5.75 Å². The lowest BCUT2D eigenvalue weighted by Crippen LogP contribution is -1.99. The van der Waals surface area contributed by atoms with Gasteiger partial charge >= 0.3 is 5.97 Å². The Balaban J connectivity index is 2.04. The van der Waals surface area contributed by atoms with Gasteiger partial charge in [0.2, 0.25) is 0 Å². The van der Waals surface area contributed by atoms with Crippen molar-refractivity contribution in [1.82, 2.24) is 4.98 Å². The number of hydrogen-bond donors (Lipinski definition) is 1. The molecule has 0 aliphatic rings. The van der Waals surface area contributed by atoms with Gasteiger partial charge < -0.3 is 9.52 Å². The van der Waals surface area contributed by atoms with E-state index in [1.807, 2.05) is 6.07 Å². The average Bonchev–Trinajstić information content (AvgIpc) is 2.79. The Bertz CT molecular complexity index is 482. The number of aromatic carboxylic acids is 1. The van der Waals surface area contributed by atoms with E-state index in [1.54, 1.807) is 36.4 Å². The lowest BCUT2D eigenvalue weighted by molar-refractivity contribution is 0.0690. The van der Waals surface area contributed by atoms with Gasteiger partial charge in [0.25, 0.3) is 0 Å². The molecule has 82 valence electrons. The standard InChI is InChI=1S/C11H9NO3S/c13-11(14)10-5-9(1-3-12-10)16-7-8-2-4-15-6-8/h1-6H,7H2,(H,13,14). The molecule has 0 saturated carbocycles. The second kappa shape index (κ2) is 4.85. The van der Waals surface area contributed by atoms with E-state index in [0.29, 0.717) is 0 Å². The zero-order valence-electron chi connectivity index (χ0n) is 8.29. The fourth-order valence-electron chi connectivity index (χ4n) is 1.16. The summed E-state index contributed by atoms with van der Waals surface area (Å²) in [5.41, 5.74) is 1.14. The van der Waals surface area contributed by atoms with Crippen LogP contribution in [0.3, 0.4) is 0 Å². The second-order valence-electron chi connectivity index (χ2n) is 3.10. The summed E-state index contributed by atoms with van der Waals surface area (Å²) >= 11 is 1.55. The molecule has 0 saturated heterocycles. The van der Waals surface area contributed by atoms with Crippen molar-refractivity contribution < 1.29 is 14.3 Å². The predicted octanol–water partition coefficient (Wildman–Crippen LogP) is 2.67. The largest absolute Gasteiger partial charge is 0.477 e. The first-order valence-electron chi connectivity index (χ1n) is 4.59. The van der Waals surface area contributed by atoms with Crippen LogP contribution >= 0.6 is 11.8 Å². The highest BCUT2D eigenvalue weighted by molar-refractivity contribution is 7.98. The number of pyridine rings is 1. The third kappa shape index (κ3) is 2.64. The number of carboxylic acids is 1. The van der Waals surface area contributed by atoms with Gasteiger partial charge in [-0.3, -0.25) is 0 Å². The van der Waals surface area contributed by atoms with Crippen LogP contribution in [0, 0.1) is 0 Å². The smallest absolute Gasteiger partial charge is 0.354 e. The Hall–Kier alpha value is -1.75. The van der Waals surface area contributed by atoms with Crippen molar-refractivity contribution in [2.24, 2.45) is 0 Å². The highest BCUT2D eigenvalue weighted by atomic mass is 32.2. The minimum absolute atomic E-state index is 0.0668. The van der Waals surface area contributed by atoms with Gasteiger partial charge in [0.15, 0.2) is 0 Å². The number of nitrogens with zero attached hydrogens (tertiary/aromatic N) is 1. The number of rotatable bonds is 4. The van der Waals surface area contributed by atoms with E-state index in [-0.39, 0.29) is 5.69 Å². The zero-order chi connectivity index (χ0) is 11.4. The fraction of sp³-hybridized carbons (Fsp3) is 0.0909. The lowest BCUT2D eigenvalue weighted by Gasteiger charge is -2.00. The fourth-order valence-corrected chi connectivity index (χ4v) is 2.01. The topological polar surface area (TPSA) is 63.3 Å². The molecule has 2 aromatic rings. The van der Waals surface area contributed by atoms with Crippen molar-refractivity contribution in [3.8, 4) is 0 Å². The van der Waals surface area contributed by atoms with Crippen molar-refractivity contribution in [2.75, 3.05) is 0 Å². The first-order valence-corrected chi connectivity index (χ1v) is 5.57. The van der Waals surface area contributed by atoms with Crippen LogP contribution in [0.15, 0.2) is 46.2 Å². The monoisotopic (exact) mass is 235 g/mol. The van der Waals surface area contributed by atoms with Crippen LogP contribution in [0.25, 0.3) is 0 Å². The highest BCUT2D eigenvalue weighted by Gasteiger charge is 2.05. The highest BCUT2D eigenvalue weighted by Crippen LogP contribution is 2.22. The molecule has 0 atom stereocenters. The molecule has 0 aliphatic heterocycles. The summed E-state index contributed by atoms with van der Waals surface area (Å²) in [4.78, 5) is 15.3. The quantitative estimate of drug-likeness (QED) is 0.825. The summed E-state index contributed by atoms with van der Waals surface area (Å²) in [6.07, 6.45) is 4.79. The van der Waals surface area contributed by atoms with Crippen molar-refractivity contribution in [1.29, 1.82) is 0 Å². The van der Waals surface area contributed by atoms with E-state index in [1.165, 1.54) is 6.20 Å². The molecular weight excluding hydrogens is 226 g/mol. The molecule has 0 amide bonds. The maximum atomic E-state index is 10.7. The van der Waals surface area contributed by atoms with E-state index < -0.39 is 5.97 Å². The molecule has 0 aromatic carbocycles. The Morgan fingerprint density at radius 3 is 3.06 bits per heavy atom. The number of aromatic nitrogens is 1. The predicted molar refractivity (Wildman–Crippen MR) is 59.5 cm³/mol. The molecule has 16 heavy (non-hydrogen) atoms. The summed E-state index contributed by atoms with van der Waals surface area (Å²) in [6.45, 7) is 0. The number of furan rings is 1. The Morgan fingerprint density at radius 2 is 2.38 bits per heavy atom. The second-order valence-corrected chi connectivity index (χ2v) is 4.15. The van der Waals surface area contributed by atoms with Crippen LogP contribution in [0.1, 0.15) is 16.1 Å². The number of carbonyl (C=O) groups is 1. The molecule has 2 aromatic heterocycles. The maximum absolute atomic E-state index is 10.7. The normalized spacial score (nSPS) is 10.2. The molecule has 2 heterocycles. The number of carboxylic acid groups (broad SMARTS) is 1. The van der Waals surface area contributed by atoms with E-state index in [0.717, 1.165) is 16.2 Å². The molecule has 0 radical (unpaired) electrons. The molecule has 0 fully saturated rings. The Labute approximate surface area is 96.3 Å². The third-order valence-electron chi connectivity index (χ3n) is 1.94. The zero-order valence-corrected chi connectivity index (χ0v) is 9.11. The first kappa shape index (κ1) is 10.8. The van der Waals surface area contributed by atoms with E-state index in [4.69, 9.17) is 9.52 Å². The summed E-state index contributed by atoms with van der Waals surface area (Å²) in [5.74, 6) is -0.259. The summed E-state index contributed by atoms with van der Waals surface area (Å²) < 4.78 is 4.95. The lowest BCUT2D eigenvalue weighted by atomic mass is 10.3. The minimum atomic E-state index is -1.01. The molecule has 1 N–H and O–H groups in total. The van der Waals surface area contributed by atoms with Crippen molar-refractivity contribution in [3.05, 3.63) is 48.2 Å². The van der Waals surface area contributed by atoms with E-state index in [9.17, 15) is 4.79 Å². The number of thioether (sulfide) groups is 1. The van der Waals surface area contributed by atoms with Gasteiger partial charge in [-0.25, -0.2) is 9.78 Å². The summed E-state index contributed by atoms with van der Waals surface area (Å²) in [6, 6.07) is 5.23. The Kier molecular flexibility index (Phi) is 3.26. The van der Waals surface area contributed by atoms with Gasteiger partial charge in [0.1, 0.15) is 5.69 Å². The molecule has 2 rings (SSSR count). The molecule has 0 aliphatic carbocycles. The molecule has 5 heteroatoms. The average molecular weight is 235 g/mol. The van der Waals surface area contributed by atoms with E-state index >= 15 is 0 Å². The number of hydrogen-bond acceptors (Lipinski definition) is 4. The Morgan fingerprint density at radius 1 is 1.50 bits per heavy atom. The van der Waals surface area contributed by atoms with Crippen LogP contribution in [0.2, 0.25) is 0 Å². The summed E-state index contributed by atoms with van der Waals surface area (Å²) in [7, 11) is 0. The van der Waals surface area contributed by atoms with Crippen LogP contribution in [0.4, 0.5) is 0 Å². The van der Waals surface area contributed by atoms with Crippen LogP contribution in [-0.4, -0.2) is 16.1 Å². The third-order valence-corrected chi connectivity index (χ3v) is 3.00. The minimum Gasteiger partial charge on any atom is -0.477 e. The first-order chi connectivity index (χ1) is 7.75. The molecule has 4 nitrogen and oxygen atoms in total. The maximum Gasteiger partial charge on any atom is 0.354 e. The van der Waals surface area contributed by atoms with Gasteiger partial charge in [-0.1, -0.05) is 0 Å². The SMILES string of the molecule is O=C(O)c1cc(SCc2ccoc2)ccn1. The van der Waals surface area contributed by atoms with Crippen LogP contribution in [0.5, 0.6) is 0 Å². The van der Waals surface area contributed by atoms with Gasteiger partial charge in [-0.05, 0) is 18.2 Å². The molecule has 0 bridgehead atoms. The van der Waals surface area contributed by atoms with E-state index in [2.05, 4.69) is 4.98 Å². The van der Waals surface area contributed by atoms with Crippen molar-refractivity contribution in [2.45, 2.75) is 10.6 Å². The summed E-state index contributed by atoms with van der Waals surface area (Å²) in [5, 5.41) is 8.77. The molecule has 0 unspecified atom stereocenters. The van der Waals surface area contributed by atoms with Crippen LogP contribution < -0.4 is 0 Å². The van der Waals surface area contributed by atoms with Gasteiger partial charge in [-0.2, -0.15) is 0 Å². The van der Waals surface area contributed by atoms with Crippen molar-refractivity contribution >= 4 is 17.7 Å². The molecular formula is C11H9NO3S.